The third-order valence-corrected chi connectivity index (χ3v) is 1.80. The van der Waals surface area contributed by atoms with Crippen molar-refractivity contribution in [2.75, 3.05) is 0 Å². The number of nitriles is 1. The molecule has 11 heavy (non-hydrogen) atoms. The van der Waals surface area contributed by atoms with Crippen LogP contribution in [0.15, 0.2) is 0 Å². The van der Waals surface area contributed by atoms with Crippen LogP contribution in [0.1, 0.15) is 45.4 Å². The third kappa shape index (κ3) is 7.35. The largest absolute Gasteiger partial charge is 0.393 e. The Morgan fingerprint density at radius 1 is 1.36 bits per heavy atom. The van der Waals surface area contributed by atoms with E-state index in [-0.39, 0.29) is 6.10 Å². The van der Waals surface area contributed by atoms with Crippen molar-refractivity contribution in [1.29, 1.82) is 5.26 Å². The van der Waals surface area contributed by atoms with E-state index in [0.717, 1.165) is 32.1 Å². The van der Waals surface area contributed by atoms with Crippen LogP contribution in [0.3, 0.4) is 0 Å². The topological polar surface area (TPSA) is 44.0 Å². The van der Waals surface area contributed by atoms with Crippen molar-refractivity contribution in [1.82, 2.24) is 0 Å². The van der Waals surface area contributed by atoms with Crippen LogP contribution in [0.4, 0.5) is 0 Å². The zero-order valence-corrected chi connectivity index (χ0v) is 7.21. The molecule has 0 aliphatic carbocycles. The van der Waals surface area contributed by atoms with Crippen LogP contribution in [0, 0.1) is 11.3 Å². The van der Waals surface area contributed by atoms with E-state index in [1.807, 2.05) is 6.92 Å². The molecule has 1 atom stereocenters. The van der Waals surface area contributed by atoms with E-state index >= 15 is 0 Å². The lowest BCUT2D eigenvalue weighted by Crippen LogP contribution is -2.03. The molecule has 0 heterocycles. The van der Waals surface area contributed by atoms with Crippen molar-refractivity contribution in [2.45, 2.75) is 51.6 Å². The summed E-state index contributed by atoms with van der Waals surface area (Å²) >= 11 is 0. The highest BCUT2D eigenvalue weighted by molar-refractivity contribution is 4.68. The van der Waals surface area contributed by atoms with Crippen molar-refractivity contribution in [3.63, 3.8) is 0 Å². The van der Waals surface area contributed by atoms with Gasteiger partial charge in [0.15, 0.2) is 0 Å². The summed E-state index contributed by atoms with van der Waals surface area (Å²) in [6, 6.07) is 2.11. The molecule has 0 saturated heterocycles. The van der Waals surface area contributed by atoms with Gasteiger partial charge in [0.05, 0.1) is 12.2 Å². The van der Waals surface area contributed by atoms with Crippen LogP contribution < -0.4 is 0 Å². The summed E-state index contributed by atoms with van der Waals surface area (Å²) in [6.07, 6.45) is 5.37. The first-order chi connectivity index (χ1) is 5.31. The average Bonchev–Trinajstić information content (AvgIpc) is 2.04. The van der Waals surface area contributed by atoms with Crippen LogP contribution >= 0.6 is 0 Å². The van der Waals surface area contributed by atoms with E-state index in [4.69, 9.17) is 10.4 Å². The fraction of sp³-hybridized carbons (Fsp3) is 0.889. The Balaban J connectivity index is 2.97. The van der Waals surface area contributed by atoms with E-state index in [0.29, 0.717) is 6.42 Å². The van der Waals surface area contributed by atoms with E-state index in [9.17, 15) is 0 Å². The number of nitrogens with zero attached hydrogens (tertiary/aromatic N) is 1. The van der Waals surface area contributed by atoms with Crippen molar-refractivity contribution < 1.29 is 5.11 Å². The standard InChI is InChI=1S/C9H17NO/c1-2-9(11)7-5-3-4-6-8-10/h9,11H,2-7H2,1H3. The second-order valence-corrected chi connectivity index (χ2v) is 2.82. The van der Waals surface area contributed by atoms with E-state index < -0.39 is 0 Å². The molecule has 2 nitrogen and oxygen atoms in total. The first kappa shape index (κ1) is 10.4. The minimum Gasteiger partial charge on any atom is -0.393 e. The molecule has 0 aromatic rings. The lowest BCUT2D eigenvalue weighted by molar-refractivity contribution is 0.156. The van der Waals surface area contributed by atoms with Gasteiger partial charge in [-0.05, 0) is 19.3 Å². The number of hydrogen-bond donors (Lipinski definition) is 1. The minimum atomic E-state index is -0.128. The molecule has 0 saturated carbocycles. The number of aliphatic hydroxyl groups is 1. The van der Waals surface area contributed by atoms with Gasteiger partial charge in [-0.25, -0.2) is 0 Å². The number of rotatable bonds is 6. The van der Waals surface area contributed by atoms with Crippen molar-refractivity contribution in [3.8, 4) is 6.07 Å². The molecule has 0 spiro atoms. The summed E-state index contributed by atoms with van der Waals surface area (Å²) in [6.45, 7) is 1.99. The zero-order chi connectivity index (χ0) is 8.53. The van der Waals surface area contributed by atoms with Gasteiger partial charge in [-0.2, -0.15) is 5.26 Å². The molecule has 2 heteroatoms. The van der Waals surface area contributed by atoms with E-state index in [2.05, 4.69) is 6.07 Å². The summed E-state index contributed by atoms with van der Waals surface area (Å²) in [5, 5.41) is 17.4. The molecule has 1 unspecified atom stereocenters. The summed E-state index contributed by atoms with van der Waals surface area (Å²) in [4.78, 5) is 0. The summed E-state index contributed by atoms with van der Waals surface area (Å²) < 4.78 is 0. The number of hydrogen-bond acceptors (Lipinski definition) is 2. The molecule has 0 aromatic heterocycles. The molecule has 0 rings (SSSR count). The second-order valence-electron chi connectivity index (χ2n) is 2.82. The zero-order valence-electron chi connectivity index (χ0n) is 7.21. The molecule has 0 radical (unpaired) electrons. The normalized spacial score (nSPS) is 12.5. The van der Waals surface area contributed by atoms with Gasteiger partial charge in [-0.15, -0.1) is 0 Å². The summed E-state index contributed by atoms with van der Waals surface area (Å²) in [7, 11) is 0. The number of unbranched alkanes of at least 4 members (excludes halogenated alkanes) is 3. The van der Waals surface area contributed by atoms with Gasteiger partial charge in [0, 0.05) is 6.42 Å². The number of aliphatic hydroxyl groups excluding tert-OH is 1. The van der Waals surface area contributed by atoms with Crippen molar-refractivity contribution >= 4 is 0 Å². The predicted molar refractivity (Wildman–Crippen MR) is 45.0 cm³/mol. The molecule has 64 valence electrons. The van der Waals surface area contributed by atoms with Crippen LogP contribution in [-0.4, -0.2) is 11.2 Å². The van der Waals surface area contributed by atoms with Crippen LogP contribution in [0.25, 0.3) is 0 Å². The van der Waals surface area contributed by atoms with E-state index in [1.165, 1.54) is 0 Å². The molecular weight excluding hydrogens is 138 g/mol. The Hall–Kier alpha value is -0.550. The molecular formula is C9H17NO. The monoisotopic (exact) mass is 155 g/mol. The molecule has 0 fully saturated rings. The Bertz CT molecular complexity index is 117. The lowest BCUT2D eigenvalue weighted by atomic mass is 10.1. The molecule has 0 aliphatic rings. The van der Waals surface area contributed by atoms with Crippen molar-refractivity contribution in [2.24, 2.45) is 0 Å². The molecule has 0 bridgehead atoms. The van der Waals surface area contributed by atoms with Gasteiger partial charge in [-0.1, -0.05) is 19.8 Å². The maximum atomic E-state index is 9.15. The Morgan fingerprint density at radius 3 is 2.64 bits per heavy atom. The summed E-state index contributed by atoms with van der Waals surface area (Å²) in [5.74, 6) is 0. The van der Waals surface area contributed by atoms with Gasteiger partial charge < -0.3 is 5.11 Å². The van der Waals surface area contributed by atoms with Crippen LogP contribution in [0.5, 0.6) is 0 Å². The van der Waals surface area contributed by atoms with Crippen molar-refractivity contribution in [3.05, 3.63) is 0 Å². The predicted octanol–water partition coefficient (Wildman–Crippen LogP) is 2.23. The maximum Gasteiger partial charge on any atom is 0.0621 e. The van der Waals surface area contributed by atoms with Gasteiger partial charge in [0.25, 0.3) is 0 Å². The maximum absolute atomic E-state index is 9.15. The highest BCUT2D eigenvalue weighted by Crippen LogP contribution is 2.06. The molecule has 0 aromatic carbocycles. The third-order valence-electron chi connectivity index (χ3n) is 1.80. The smallest absolute Gasteiger partial charge is 0.0621 e. The van der Waals surface area contributed by atoms with Gasteiger partial charge in [0.1, 0.15) is 0 Å². The first-order valence-corrected chi connectivity index (χ1v) is 4.36. The van der Waals surface area contributed by atoms with Gasteiger partial charge in [0.2, 0.25) is 0 Å². The quantitative estimate of drug-likeness (QED) is 0.598. The molecule has 0 aliphatic heterocycles. The van der Waals surface area contributed by atoms with E-state index in [1.54, 1.807) is 0 Å². The fourth-order valence-corrected chi connectivity index (χ4v) is 0.965. The molecule has 0 amide bonds. The Labute approximate surface area is 68.8 Å². The highest BCUT2D eigenvalue weighted by atomic mass is 16.3. The Morgan fingerprint density at radius 2 is 2.09 bits per heavy atom. The second kappa shape index (κ2) is 7.56. The summed E-state index contributed by atoms with van der Waals surface area (Å²) in [5.41, 5.74) is 0. The van der Waals surface area contributed by atoms with Gasteiger partial charge in [-0.3, -0.25) is 0 Å². The average molecular weight is 155 g/mol. The van der Waals surface area contributed by atoms with Gasteiger partial charge >= 0.3 is 0 Å². The van der Waals surface area contributed by atoms with Crippen LogP contribution in [0.2, 0.25) is 0 Å². The lowest BCUT2D eigenvalue weighted by Gasteiger charge is -2.05. The minimum absolute atomic E-state index is 0.128. The highest BCUT2D eigenvalue weighted by Gasteiger charge is 1.98. The Kier molecular flexibility index (Phi) is 7.18. The first-order valence-electron chi connectivity index (χ1n) is 4.36. The molecule has 1 N–H and O–H groups in total. The van der Waals surface area contributed by atoms with Crippen LogP contribution in [-0.2, 0) is 0 Å². The fourth-order valence-electron chi connectivity index (χ4n) is 0.965. The SMILES string of the molecule is CCC(O)CCCCCC#N.